The molecule has 0 radical (unpaired) electrons. The van der Waals surface area contributed by atoms with Crippen molar-refractivity contribution in [3.8, 4) is 16.9 Å². The SMILES string of the molecule is CCCCCCCCn1cc(CC=O)c2cc(-c3cccc(OCC)c3)ccc21. The van der Waals surface area contributed by atoms with E-state index in [0.29, 0.717) is 13.0 Å². The van der Waals surface area contributed by atoms with Crippen molar-refractivity contribution in [2.24, 2.45) is 0 Å². The lowest BCUT2D eigenvalue weighted by molar-refractivity contribution is -0.107. The molecule has 0 bridgehead atoms. The van der Waals surface area contributed by atoms with Crippen LogP contribution in [-0.2, 0) is 17.8 Å². The number of nitrogens with zero attached hydrogens (tertiary/aromatic N) is 1. The van der Waals surface area contributed by atoms with Gasteiger partial charge in [0.05, 0.1) is 6.61 Å². The summed E-state index contributed by atoms with van der Waals surface area (Å²) < 4.78 is 7.98. The number of rotatable bonds is 12. The maximum Gasteiger partial charge on any atom is 0.124 e. The zero-order valence-electron chi connectivity index (χ0n) is 17.8. The van der Waals surface area contributed by atoms with Gasteiger partial charge in [-0.25, -0.2) is 0 Å². The number of hydrogen-bond donors (Lipinski definition) is 0. The van der Waals surface area contributed by atoms with E-state index in [1.165, 1.54) is 49.4 Å². The second-order valence-corrected chi connectivity index (χ2v) is 7.68. The van der Waals surface area contributed by atoms with E-state index in [-0.39, 0.29) is 0 Å². The number of unbranched alkanes of at least 4 members (excludes halogenated alkanes) is 5. The van der Waals surface area contributed by atoms with Crippen molar-refractivity contribution >= 4 is 17.2 Å². The van der Waals surface area contributed by atoms with E-state index >= 15 is 0 Å². The second-order valence-electron chi connectivity index (χ2n) is 7.68. The van der Waals surface area contributed by atoms with Crippen molar-refractivity contribution in [3.63, 3.8) is 0 Å². The van der Waals surface area contributed by atoms with Gasteiger partial charge in [0.1, 0.15) is 12.0 Å². The zero-order valence-corrected chi connectivity index (χ0v) is 17.8. The molecule has 0 unspecified atom stereocenters. The van der Waals surface area contributed by atoms with Gasteiger partial charge in [-0.1, -0.05) is 57.2 Å². The Kier molecular flexibility index (Phi) is 7.92. The Balaban J connectivity index is 1.82. The van der Waals surface area contributed by atoms with Crippen molar-refractivity contribution in [2.75, 3.05) is 6.61 Å². The van der Waals surface area contributed by atoms with Gasteiger partial charge in [0.2, 0.25) is 0 Å². The molecule has 1 aromatic heterocycles. The molecule has 0 spiro atoms. The molecule has 0 fully saturated rings. The lowest BCUT2D eigenvalue weighted by Gasteiger charge is -2.08. The van der Waals surface area contributed by atoms with Gasteiger partial charge in [-0.15, -0.1) is 0 Å². The summed E-state index contributed by atoms with van der Waals surface area (Å²) >= 11 is 0. The molecule has 0 saturated carbocycles. The largest absolute Gasteiger partial charge is 0.494 e. The van der Waals surface area contributed by atoms with Crippen LogP contribution in [0.15, 0.2) is 48.7 Å². The topological polar surface area (TPSA) is 31.2 Å². The van der Waals surface area contributed by atoms with Gasteiger partial charge in [0, 0.05) is 30.1 Å². The van der Waals surface area contributed by atoms with Gasteiger partial charge in [0.25, 0.3) is 0 Å². The molecule has 2 aromatic carbocycles. The van der Waals surface area contributed by atoms with Crippen molar-refractivity contribution in [2.45, 2.75) is 65.3 Å². The number of aldehydes is 1. The fraction of sp³-hybridized carbons (Fsp3) is 0.423. The highest BCUT2D eigenvalue weighted by Gasteiger charge is 2.10. The zero-order chi connectivity index (χ0) is 20.5. The van der Waals surface area contributed by atoms with Crippen molar-refractivity contribution in [1.29, 1.82) is 0 Å². The number of carbonyl (C=O) groups excluding carboxylic acids is 1. The van der Waals surface area contributed by atoms with Crippen LogP contribution in [0.2, 0.25) is 0 Å². The molecule has 1 heterocycles. The summed E-state index contributed by atoms with van der Waals surface area (Å²) in [5.41, 5.74) is 4.63. The van der Waals surface area contributed by atoms with E-state index in [2.05, 4.69) is 48.0 Å². The first-order valence-electron chi connectivity index (χ1n) is 11.1. The van der Waals surface area contributed by atoms with Crippen LogP contribution in [0.4, 0.5) is 0 Å². The predicted molar refractivity (Wildman–Crippen MR) is 122 cm³/mol. The minimum absolute atomic E-state index is 0.461. The van der Waals surface area contributed by atoms with E-state index < -0.39 is 0 Å². The van der Waals surface area contributed by atoms with E-state index in [1.54, 1.807) is 0 Å². The highest BCUT2D eigenvalue weighted by Crippen LogP contribution is 2.30. The van der Waals surface area contributed by atoms with Crippen LogP contribution in [-0.4, -0.2) is 17.5 Å². The van der Waals surface area contributed by atoms with Crippen molar-refractivity contribution in [1.82, 2.24) is 4.57 Å². The molecule has 3 aromatic rings. The predicted octanol–water partition coefficient (Wildman–Crippen LogP) is 6.81. The summed E-state index contributed by atoms with van der Waals surface area (Å²) in [6.45, 7) is 5.92. The molecule has 3 rings (SSSR count). The maximum absolute atomic E-state index is 11.2. The van der Waals surface area contributed by atoms with Gasteiger partial charge >= 0.3 is 0 Å². The molecule has 29 heavy (non-hydrogen) atoms. The number of aryl methyl sites for hydroxylation is 1. The van der Waals surface area contributed by atoms with Gasteiger partial charge < -0.3 is 14.1 Å². The van der Waals surface area contributed by atoms with Crippen molar-refractivity contribution in [3.05, 3.63) is 54.2 Å². The number of ether oxygens (including phenoxy) is 1. The van der Waals surface area contributed by atoms with E-state index in [9.17, 15) is 4.79 Å². The summed E-state index contributed by atoms with van der Waals surface area (Å²) in [5.74, 6) is 0.888. The van der Waals surface area contributed by atoms with Crippen LogP contribution in [0, 0.1) is 0 Å². The summed E-state index contributed by atoms with van der Waals surface area (Å²) in [5, 5.41) is 1.18. The third-order valence-electron chi connectivity index (χ3n) is 5.50. The Morgan fingerprint density at radius 3 is 2.52 bits per heavy atom. The van der Waals surface area contributed by atoms with E-state index in [0.717, 1.165) is 35.3 Å². The molecular formula is C26H33NO2. The first-order chi connectivity index (χ1) is 14.3. The highest BCUT2D eigenvalue weighted by molar-refractivity contribution is 5.90. The lowest BCUT2D eigenvalue weighted by atomic mass is 10.0. The van der Waals surface area contributed by atoms with Gasteiger partial charge in [0.15, 0.2) is 0 Å². The lowest BCUT2D eigenvalue weighted by Crippen LogP contribution is -1.96. The summed E-state index contributed by atoms with van der Waals surface area (Å²) in [6.07, 6.45) is 11.4. The molecular weight excluding hydrogens is 358 g/mol. The molecule has 154 valence electrons. The highest BCUT2D eigenvalue weighted by atomic mass is 16.5. The minimum Gasteiger partial charge on any atom is -0.494 e. The number of fused-ring (bicyclic) bond motifs is 1. The first-order valence-corrected chi connectivity index (χ1v) is 11.1. The standard InChI is InChI=1S/C26H33NO2/c1-3-5-6-7-8-9-16-27-20-23(15-17-28)25-19-22(13-14-26(25)27)21-11-10-12-24(18-21)29-4-2/h10-14,17-20H,3-9,15-16H2,1-2H3. The maximum atomic E-state index is 11.2. The quantitative estimate of drug-likeness (QED) is 0.251. The van der Waals surface area contributed by atoms with Gasteiger partial charge in [-0.2, -0.15) is 0 Å². The first kappa shape index (κ1) is 21.2. The summed E-state index contributed by atoms with van der Waals surface area (Å²) in [4.78, 5) is 11.2. The van der Waals surface area contributed by atoms with Crippen LogP contribution in [0.25, 0.3) is 22.0 Å². The fourth-order valence-electron chi connectivity index (χ4n) is 3.98. The third-order valence-corrected chi connectivity index (χ3v) is 5.50. The Bertz CT molecular complexity index is 926. The van der Waals surface area contributed by atoms with Crippen LogP contribution >= 0.6 is 0 Å². The molecule has 3 heteroatoms. The van der Waals surface area contributed by atoms with Crippen LogP contribution < -0.4 is 4.74 Å². The molecule has 0 atom stereocenters. The van der Waals surface area contributed by atoms with Gasteiger partial charge in [-0.05, 0) is 54.3 Å². The van der Waals surface area contributed by atoms with Crippen LogP contribution in [0.1, 0.15) is 57.9 Å². The minimum atomic E-state index is 0.461. The Hall–Kier alpha value is -2.55. The average molecular weight is 392 g/mol. The average Bonchev–Trinajstić information content (AvgIpc) is 3.08. The van der Waals surface area contributed by atoms with E-state index in [4.69, 9.17) is 4.74 Å². The number of aromatic nitrogens is 1. The summed E-state index contributed by atoms with van der Waals surface area (Å²) in [6, 6.07) is 14.8. The molecule has 0 aliphatic carbocycles. The van der Waals surface area contributed by atoms with Crippen molar-refractivity contribution < 1.29 is 9.53 Å². The molecule has 0 aliphatic rings. The van der Waals surface area contributed by atoms with Gasteiger partial charge in [-0.3, -0.25) is 0 Å². The molecule has 0 N–H and O–H groups in total. The third kappa shape index (κ3) is 5.50. The second kappa shape index (κ2) is 10.8. The van der Waals surface area contributed by atoms with Crippen LogP contribution in [0.3, 0.4) is 0 Å². The van der Waals surface area contributed by atoms with Crippen LogP contribution in [0.5, 0.6) is 5.75 Å². The fourth-order valence-corrected chi connectivity index (χ4v) is 3.98. The molecule has 0 aliphatic heterocycles. The normalized spacial score (nSPS) is 11.1. The Labute approximate surface area is 174 Å². The Morgan fingerprint density at radius 1 is 0.931 bits per heavy atom. The monoisotopic (exact) mass is 391 g/mol. The number of hydrogen-bond acceptors (Lipinski definition) is 2. The number of carbonyl (C=O) groups is 1. The molecule has 0 amide bonds. The molecule has 3 nitrogen and oxygen atoms in total. The number of benzene rings is 2. The van der Waals surface area contributed by atoms with E-state index in [1.807, 2.05) is 19.1 Å². The molecule has 0 saturated heterocycles. The Morgan fingerprint density at radius 2 is 1.72 bits per heavy atom. The summed E-state index contributed by atoms with van der Waals surface area (Å²) in [7, 11) is 0. The smallest absolute Gasteiger partial charge is 0.124 e.